The molecule has 6 rings (SSSR count). The Balaban J connectivity index is 1.46. The summed E-state index contributed by atoms with van der Waals surface area (Å²) in [4.78, 5) is 28.2. The molecule has 1 saturated carbocycles. The highest BCUT2D eigenvalue weighted by Crippen LogP contribution is 2.48. The minimum atomic E-state index is -2.07. The Morgan fingerprint density at radius 1 is 1.21 bits per heavy atom. The molecule has 224 valence electrons. The van der Waals surface area contributed by atoms with E-state index in [4.69, 9.17) is 21.1 Å². The second kappa shape index (κ2) is 11.8. The number of carbonyl (C=O) groups is 2. The summed E-state index contributed by atoms with van der Waals surface area (Å²) in [6, 6.07) is 11.6. The fraction of sp³-hybridized carbons (Fsp3) is 0.515. The molecular formula is C33H39ClN2O5S. The Morgan fingerprint density at radius 2 is 2.07 bits per heavy atom. The van der Waals surface area contributed by atoms with Crippen molar-refractivity contribution in [2.75, 3.05) is 37.5 Å². The van der Waals surface area contributed by atoms with E-state index in [1.165, 1.54) is 11.1 Å². The van der Waals surface area contributed by atoms with Crippen molar-refractivity contribution in [3.8, 4) is 5.75 Å². The lowest BCUT2D eigenvalue weighted by atomic mass is 9.64. The molecule has 1 fully saturated rings. The van der Waals surface area contributed by atoms with Crippen LogP contribution in [0.15, 0.2) is 52.9 Å². The van der Waals surface area contributed by atoms with E-state index in [2.05, 4.69) is 21.4 Å². The standard InChI is InChI=1S/C33H39ClN2O5S/c1-22-5-3-14-33(20-37,40-2)28-10-7-25(28)17-36-19-32(13-4-6-23-15-26(34)9-11-27(23)32)21-41-30-12-8-24(16-29(30)36)31(38)35-42(39)18-22/h3,8-9,11-12,14-16,20,22,25,28,42H,4-7,10,13,17-19,21H2,1-2H3/b14-3+/t22-,25-,28+,32-,33-/m0/s1. The lowest BCUT2D eigenvalue weighted by Gasteiger charge is -2.48. The fourth-order valence-corrected chi connectivity index (χ4v) is 8.73. The Labute approximate surface area is 254 Å². The van der Waals surface area contributed by atoms with Crippen LogP contribution in [0, 0.1) is 17.8 Å². The molecule has 0 N–H and O–H groups in total. The number of allylic oxidation sites excluding steroid dienone is 1. The summed E-state index contributed by atoms with van der Waals surface area (Å²) < 4.78 is 29.4. The third-order valence-corrected chi connectivity index (χ3v) is 11.4. The quantitative estimate of drug-likeness (QED) is 0.262. The van der Waals surface area contributed by atoms with Crippen LogP contribution < -0.4 is 9.64 Å². The molecule has 0 saturated heterocycles. The number of thiol groups is 1. The molecule has 7 nitrogen and oxygen atoms in total. The predicted molar refractivity (Wildman–Crippen MR) is 166 cm³/mol. The number of amides is 1. The molecule has 0 aromatic heterocycles. The van der Waals surface area contributed by atoms with Gasteiger partial charge in [-0.25, -0.2) is 0 Å². The second-order valence-electron chi connectivity index (χ2n) is 12.6. The third kappa shape index (κ3) is 5.42. The highest BCUT2D eigenvalue weighted by Gasteiger charge is 2.49. The monoisotopic (exact) mass is 610 g/mol. The first-order valence-electron chi connectivity index (χ1n) is 15.0. The number of hydrogen-bond donors (Lipinski definition) is 1. The molecule has 2 aromatic carbocycles. The molecule has 6 atom stereocenters. The number of ether oxygens (including phenoxy) is 2. The minimum Gasteiger partial charge on any atom is -0.490 e. The van der Waals surface area contributed by atoms with Crippen molar-refractivity contribution >= 4 is 40.1 Å². The van der Waals surface area contributed by atoms with Gasteiger partial charge in [-0.3, -0.25) is 13.8 Å². The molecule has 1 spiro atoms. The van der Waals surface area contributed by atoms with Gasteiger partial charge in [0, 0.05) is 58.5 Å². The summed E-state index contributed by atoms with van der Waals surface area (Å²) in [6.07, 6.45) is 10.3. The van der Waals surface area contributed by atoms with Crippen molar-refractivity contribution in [1.29, 1.82) is 0 Å². The molecule has 1 amide bonds. The van der Waals surface area contributed by atoms with Crippen LogP contribution in [0.2, 0.25) is 5.02 Å². The van der Waals surface area contributed by atoms with Gasteiger partial charge >= 0.3 is 0 Å². The Bertz CT molecular complexity index is 1500. The van der Waals surface area contributed by atoms with Crippen molar-refractivity contribution in [3.05, 3.63) is 70.3 Å². The van der Waals surface area contributed by atoms with Crippen LogP contribution >= 0.6 is 11.6 Å². The number of aryl methyl sites for hydroxylation is 1. The van der Waals surface area contributed by atoms with E-state index in [1.807, 2.05) is 37.3 Å². The number of methoxy groups -OCH3 is 1. The number of fused-ring (bicyclic) bond motifs is 4. The summed E-state index contributed by atoms with van der Waals surface area (Å²) in [7, 11) is -0.460. The van der Waals surface area contributed by atoms with E-state index < -0.39 is 22.1 Å². The van der Waals surface area contributed by atoms with Gasteiger partial charge in [-0.05, 0) is 97.9 Å². The molecule has 9 heteroatoms. The van der Waals surface area contributed by atoms with Gasteiger partial charge in [-0.15, -0.1) is 0 Å². The SMILES string of the molecule is CO[C@]1(C=O)/C=C/C[C@H](C)C/[SH](=O)=N\C(=O)c2ccc3c(c2)N(C[C@@H]2CC[C@H]21)C[C@@]1(CCCc2cc(Cl)ccc21)CO3. The van der Waals surface area contributed by atoms with Crippen LogP contribution in [-0.4, -0.2) is 54.6 Å². The molecule has 2 aliphatic carbocycles. The summed E-state index contributed by atoms with van der Waals surface area (Å²) in [5.74, 6) is 0.814. The van der Waals surface area contributed by atoms with Gasteiger partial charge in [0.15, 0.2) is 6.29 Å². The Morgan fingerprint density at radius 3 is 2.83 bits per heavy atom. The summed E-state index contributed by atoms with van der Waals surface area (Å²) in [5.41, 5.74) is 2.50. The summed E-state index contributed by atoms with van der Waals surface area (Å²) in [5, 5.41) is 0.739. The smallest absolute Gasteiger partial charge is 0.284 e. The lowest BCUT2D eigenvalue weighted by molar-refractivity contribution is -0.135. The molecular weight excluding hydrogens is 572 g/mol. The van der Waals surface area contributed by atoms with Crippen molar-refractivity contribution < 1.29 is 23.3 Å². The topological polar surface area (TPSA) is 85.3 Å². The van der Waals surface area contributed by atoms with Gasteiger partial charge in [0.25, 0.3) is 5.91 Å². The Hall–Kier alpha value is -2.68. The van der Waals surface area contributed by atoms with E-state index in [0.29, 0.717) is 43.2 Å². The van der Waals surface area contributed by atoms with Crippen LogP contribution in [0.5, 0.6) is 5.75 Å². The number of nitrogens with zero attached hydrogens (tertiary/aromatic N) is 2. The number of hydrogen-bond acceptors (Lipinski definition) is 6. The maximum atomic E-state index is 13.2. The molecule has 1 unspecified atom stereocenters. The lowest BCUT2D eigenvalue weighted by Crippen LogP contribution is -2.53. The average Bonchev–Trinajstić information content (AvgIpc) is 3.11. The summed E-state index contributed by atoms with van der Waals surface area (Å²) >= 11 is 6.40. The average molecular weight is 611 g/mol. The summed E-state index contributed by atoms with van der Waals surface area (Å²) in [6.45, 7) is 3.89. The number of halogens is 1. The predicted octanol–water partition coefficient (Wildman–Crippen LogP) is 5.82. The van der Waals surface area contributed by atoms with Crippen molar-refractivity contribution in [2.24, 2.45) is 22.1 Å². The van der Waals surface area contributed by atoms with Crippen LogP contribution in [0.25, 0.3) is 0 Å². The van der Waals surface area contributed by atoms with Crippen LogP contribution in [-0.2, 0) is 32.0 Å². The molecule has 42 heavy (non-hydrogen) atoms. The van der Waals surface area contributed by atoms with Crippen LogP contribution in [0.4, 0.5) is 5.69 Å². The van der Waals surface area contributed by atoms with E-state index in [9.17, 15) is 13.8 Å². The maximum Gasteiger partial charge on any atom is 0.284 e. The fourth-order valence-electron chi connectivity index (χ4n) is 7.46. The van der Waals surface area contributed by atoms with Crippen molar-refractivity contribution in [1.82, 2.24) is 0 Å². The third-order valence-electron chi connectivity index (χ3n) is 9.86. The molecule has 2 heterocycles. The molecule has 2 aliphatic heterocycles. The zero-order valence-electron chi connectivity index (χ0n) is 24.3. The highest BCUT2D eigenvalue weighted by atomic mass is 35.5. The number of anilines is 1. The zero-order chi connectivity index (χ0) is 29.5. The van der Waals surface area contributed by atoms with Crippen molar-refractivity contribution in [2.45, 2.75) is 56.5 Å². The van der Waals surface area contributed by atoms with Gasteiger partial charge < -0.3 is 14.4 Å². The van der Waals surface area contributed by atoms with Gasteiger partial charge in [-0.1, -0.05) is 30.7 Å². The zero-order valence-corrected chi connectivity index (χ0v) is 25.9. The Kier molecular flexibility index (Phi) is 8.24. The molecule has 2 aromatic rings. The van der Waals surface area contributed by atoms with Crippen molar-refractivity contribution in [3.63, 3.8) is 0 Å². The van der Waals surface area contributed by atoms with E-state index >= 15 is 0 Å². The molecule has 0 radical (unpaired) electrons. The number of aldehydes is 1. The minimum absolute atomic E-state index is 0.0249. The maximum absolute atomic E-state index is 13.2. The van der Waals surface area contributed by atoms with E-state index in [1.54, 1.807) is 13.2 Å². The van der Waals surface area contributed by atoms with E-state index in [-0.39, 0.29) is 23.2 Å². The van der Waals surface area contributed by atoms with Gasteiger partial charge in [-0.2, -0.15) is 4.36 Å². The molecule has 2 bridgehead atoms. The normalized spacial score (nSPS) is 34.1. The highest BCUT2D eigenvalue weighted by molar-refractivity contribution is 7.75. The largest absolute Gasteiger partial charge is 0.490 e. The van der Waals surface area contributed by atoms with Crippen LogP contribution in [0.1, 0.15) is 60.5 Å². The van der Waals surface area contributed by atoms with Gasteiger partial charge in [0.1, 0.15) is 11.4 Å². The first-order valence-corrected chi connectivity index (χ1v) is 16.7. The molecule has 4 aliphatic rings. The number of carbonyl (C=O) groups excluding carboxylic acids is 2. The second-order valence-corrected chi connectivity index (χ2v) is 14.3. The van der Waals surface area contributed by atoms with Gasteiger partial charge in [0.2, 0.25) is 0 Å². The first-order chi connectivity index (χ1) is 20.3. The first kappa shape index (κ1) is 29.4. The van der Waals surface area contributed by atoms with Crippen LogP contribution in [0.3, 0.4) is 0 Å². The van der Waals surface area contributed by atoms with Gasteiger partial charge in [0.05, 0.1) is 12.3 Å². The van der Waals surface area contributed by atoms with E-state index in [0.717, 1.165) is 49.1 Å². The number of benzene rings is 2. The number of rotatable bonds is 2.